The molecule has 0 aliphatic rings. The van der Waals surface area contributed by atoms with Gasteiger partial charge in [0.1, 0.15) is 0 Å². The summed E-state index contributed by atoms with van der Waals surface area (Å²) >= 11 is 5.76. The maximum atomic E-state index is 5.76. The third-order valence-electron chi connectivity index (χ3n) is 1.62. The molecule has 0 saturated carbocycles. The minimum atomic E-state index is 0.810. The molecule has 1 rings (SSSR count). The first-order valence-corrected chi connectivity index (χ1v) is 4.63. The lowest BCUT2D eigenvalue weighted by atomic mass is 10.1. The maximum absolute atomic E-state index is 5.76. The molecule has 13 heavy (non-hydrogen) atoms. The van der Waals surface area contributed by atoms with Gasteiger partial charge in [-0.1, -0.05) is 48.0 Å². The van der Waals surface area contributed by atoms with Crippen molar-refractivity contribution in [3.63, 3.8) is 0 Å². The first-order valence-electron chi connectivity index (χ1n) is 4.25. The first-order chi connectivity index (χ1) is 6.18. The summed E-state index contributed by atoms with van der Waals surface area (Å²) in [5.74, 6) is 0. The SMILES string of the molecule is C/C(Cl)=C/C(C)=C/c1ccccc1. The molecule has 0 aromatic heterocycles. The molecule has 1 aromatic rings. The lowest BCUT2D eigenvalue weighted by Gasteiger charge is -1.94. The van der Waals surface area contributed by atoms with Crippen LogP contribution >= 0.6 is 11.6 Å². The van der Waals surface area contributed by atoms with Gasteiger partial charge in [-0.05, 0) is 31.1 Å². The molecule has 0 spiro atoms. The summed E-state index contributed by atoms with van der Waals surface area (Å²) < 4.78 is 0. The standard InChI is InChI=1S/C12H13Cl/c1-10(8-11(2)13)9-12-6-4-3-5-7-12/h3-9H,1-2H3/b10-9+,11-8-. The van der Waals surface area contributed by atoms with Crippen LogP contribution in [-0.2, 0) is 0 Å². The summed E-state index contributed by atoms with van der Waals surface area (Å²) in [6.45, 7) is 3.92. The number of hydrogen-bond acceptors (Lipinski definition) is 0. The van der Waals surface area contributed by atoms with Gasteiger partial charge in [-0.3, -0.25) is 0 Å². The lowest BCUT2D eigenvalue weighted by molar-refractivity contribution is 1.50. The molecule has 0 aliphatic heterocycles. The van der Waals surface area contributed by atoms with Crippen LogP contribution in [0.15, 0.2) is 47.0 Å². The molecule has 1 heteroatoms. The largest absolute Gasteiger partial charge is 0.0895 e. The van der Waals surface area contributed by atoms with Gasteiger partial charge in [-0.25, -0.2) is 0 Å². The van der Waals surface area contributed by atoms with E-state index in [-0.39, 0.29) is 0 Å². The van der Waals surface area contributed by atoms with Crippen LogP contribution in [0.3, 0.4) is 0 Å². The molecule has 0 unspecified atom stereocenters. The number of benzene rings is 1. The van der Waals surface area contributed by atoms with E-state index in [1.165, 1.54) is 11.1 Å². The van der Waals surface area contributed by atoms with Gasteiger partial charge in [-0.15, -0.1) is 0 Å². The van der Waals surface area contributed by atoms with Gasteiger partial charge in [0.25, 0.3) is 0 Å². The quantitative estimate of drug-likeness (QED) is 0.616. The van der Waals surface area contributed by atoms with E-state index < -0.39 is 0 Å². The monoisotopic (exact) mass is 192 g/mol. The topological polar surface area (TPSA) is 0 Å². The first kappa shape index (κ1) is 10.1. The molecule has 0 fully saturated rings. The molecule has 0 radical (unpaired) electrons. The zero-order valence-electron chi connectivity index (χ0n) is 7.92. The molecule has 0 N–H and O–H groups in total. The summed E-state index contributed by atoms with van der Waals surface area (Å²) in [5, 5.41) is 0.810. The van der Waals surface area contributed by atoms with E-state index in [1.807, 2.05) is 38.1 Å². The van der Waals surface area contributed by atoms with Crippen LogP contribution in [0.4, 0.5) is 0 Å². The number of halogens is 1. The Labute approximate surface area is 84.5 Å². The van der Waals surface area contributed by atoms with Gasteiger partial charge in [0.05, 0.1) is 0 Å². The van der Waals surface area contributed by atoms with E-state index in [9.17, 15) is 0 Å². The van der Waals surface area contributed by atoms with E-state index in [0.717, 1.165) is 5.03 Å². The van der Waals surface area contributed by atoms with E-state index in [0.29, 0.717) is 0 Å². The number of allylic oxidation sites excluding steroid dienone is 3. The van der Waals surface area contributed by atoms with E-state index >= 15 is 0 Å². The van der Waals surface area contributed by atoms with Crippen LogP contribution in [0.5, 0.6) is 0 Å². The Morgan fingerprint density at radius 1 is 1.15 bits per heavy atom. The third-order valence-corrected chi connectivity index (χ3v) is 1.73. The van der Waals surface area contributed by atoms with Gasteiger partial charge in [0.2, 0.25) is 0 Å². The molecule has 0 amide bonds. The van der Waals surface area contributed by atoms with Crippen LogP contribution in [0.2, 0.25) is 0 Å². The van der Waals surface area contributed by atoms with Crippen molar-refractivity contribution in [2.24, 2.45) is 0 Å². The Hall–Kier alpha value is -1.01. The highest BCUT2D eigenvalue weighted by atomic mass is 35.5. The number of hydrogen-bond donors (Lipinski definition) is 0. The Kier molecular flexibility index (Phi) is 3.78. The highest BCUT2D eigenvalue weighted by Gasteiger charge is 1.87. The van der Waals surface area contributed by atoms with Crippen molar-refractivity contribution in [2.75, 3.05) is 0 Å². The fourth-order valence-electron chi connectivity index (χ4n) is 1.17. The highest BCUT2D eigenvalue weighted by molar-refractivity contribution is 6.29. The minimum Gasteiger partial charge on any atom is -0.0895 e. The zero-order valence-corrected chi connectivity index (χ0v) is 8.68. The Bertz CT molecular complexity index is 316. The van der Waals surface area contributed by atoms with Crippen molar-refractivity contribution >= 4 is 17.7 Å². The normalized spacial score (nSPS) is 13.2. The average Bonchev–Trinajstić information content (AvgIpc) is 2.04. The van der Waals surface area contributed by atoms with E-state index in [1.54, 1.807) is 0 Å². The van der Waals surface area contributed by atoms with Crippen LogP contribution in [-0.4, -0.2) is 0 Å². The van der Waals surface area contributed by atoms with Crippen LogP contribution in [0.25, 0.3) is 6.08 Å². The molecule has 0 bridgehead atoms. The molecular weight excluding hydrogens is 180 g/mol. The summed E-state index contributed by atoms with van der Waals surface area (Å²) in [5.41, 5.74) is 2.37. The Morgan fingerprint density at radius 3 is 2.31 bits per heavy atom. The predicted octanol–water partition coefficient (Wildman–Crippen LogP) is 4.23. The molecular formula is C12H13Cl. The van der Waals surface area contributed by atoms with Gasteiger partial charge < -0.3 is 0 Å². The Morgan fingerprint density at radius 2 is 1.77 bits per heavy atom. The number of rotatable bonds is 2. The Balaban J connectivity index is 2.83. The van der Waals surface area contributed by atoms with Crippen molar-refractivity contribution in [2.45, 2.75) is 13.8 Å². The predicted molar refractivity (Wildman–Crippen MR) is 59.7 cm³/mol. The van der Waals surface area contributed by atoms with Gasteiger partial charge >= 0.3 is 0 Å². The minimum absolute atomic E-state index is 0.810. The van der Waals surface area contributed by atoms with E-state index in [4.69, 9.17) is 11.6 Å². The summed E-state index contributed by atoms with van der Waals surface area (Å²) in [4.78, 5) is 0. The van der Waals surface area contributed by atoms with Crippen LogP contribution in [0.1, 0.15) is 19.4 Å². The molecule has 0 saturated heterocycles. The van der Waals surface area contributed by atoms with Crippen molar-refractivity contribution in [3.8, 4) is 0 Å². The molecule has 0 nitrogen and oxygen atoms in total. The van der Waals surface area contributed by atoms with Crippen molar-refractivity contribution in [1.82, 2.24) is 0 Å². The molecule has 1 aromatic carbocycles. The average molecular weight is 193 g/mol. The summed E-state index contributed by atoms with van der Waals surface area (Å²) in [7, 11) is 0. The maximum Gasteiger partial charge on any atom is 0.0152 e. The highest BCUT2D eigenvalue weighted by Crippen LogP contribution is 2.10. The smallest absolute Gasteiger partial charge is 0.0152 e. The third kappa shape index (κ3) is 3.95. The molecule has 68 valence electrons. The lowest BCUT2D eigenvalue weighted by Crippen LogP contribution is -1.73. The fraction of sp³-hybridized carbons (Fsp3) is 0.167. The van der Waals surface area contributed by atoms with Crippen LogP contribution < -0.4 is 0 Å². The second-order valence-electron chi connectivity index (χ2n) is 3.03. The van der Waals surface area contributed by atoms with E-state index in [2.05, 4.69) is 18.2 Å². The van der Waals surface area contributed by atoms with Crippen molar-refractivity contribution < 1.29 is 0 Å². The second-order valence-corrected chi connectivity index (χ2v) is 3.63. The van der Waals surface area contributed by atoms with Crippen molar-refractivity contribution in [3.05, 3.63) is 52.6 Å². The molecule has 0 heterocycles. The summed E-state index contributed by atoms with van der Waals surface area (Å²) in [6.07, 6.45) is 4.06. The fourth-order valence-corrected chi connectivity index (χ4v) is 1.34. The molecule has 0 atom stereocenters. The van der Waals surface area contributed by atoms with Gasteiger partial charge in [0, 0.05) is 5.03 Å². The molecule has 0 aliphatic carbocycles. The van der Waals surface area contributed by atoms with Gasteiger partial charge in [-0.2, -0.15) is 0 Å². The second kappa shape index (κ2) is 4.88. The van der Waals surface area contributed by atoms with Crippen LogP contribution in [0, 0.1) is 0 Å². The van der Waals surface area contributed by atoms with Crippen molar-refractivity contribution in [1.29, 1.82) is 0 Å². The summed E-state index contributed by atoms with van der Waals surface area (Å²) in [6, 6.07) is 10.2. The zero-order chi connectivity index (χ0) is 9.68. The van der Waals surface area contributed by atoms with Gasteiger partial charge in [0.15, 0.2) is 0 Å².